The lowest BCUT2D eigenvalue weighted by Gasteiger charge is -2.06. The molecule has 0 radical (unpaired) electrons. The summed E-state index contributed by atoms with van der Waals surface area (Å²) in [5.41, 5.74) is 1.45. The van der Waals surface area contributed by atoms with Crippen LogP contribution in [-0.2, 0) is 0 Å². The van der Waals surface area contributed by atoms with Crippen molar-refractivity contribution in [3.63, 3.8) is 0 Å². The first-order chi connectivity index (χ1) is 5.34. The van der Waals surface area contributed by atoms with Crippen molar-refractivity contribution in [1.82, 2.24) is 0 Å². The Morgan fingerprint density at radius 1 is 1.18 bits per heavy atom. The number of benzene rings is 1. The van der Waals surface area contributed by atoms with Crippen molar-refractivity contribution in [2.45, 2.75) is 10.3 Å². The van der Waals surface area contributed by atoms with Crippen molar-refractivity contribution in [1.29, 1.82) is 0 Å². The smallest absolute Gasteiger partial charge is 0.0366 e. The zero-order chi connectivity index (χ0) is 8.10. The minimum Gasteiger partial charge on any atom is -0.0863 e. The van der Waals surface area contributed by atoms with E-state index in [1.165, 1.54) is 16.4 Å². The van der Waals surface area contributed by atoms with Gasteiger partial charge in [0.15, 0.2) is 0 Å². The molecule has 0 N–H and O–H groups in total. The lowest BCUT2D eigenvalue weighted by molar-refractivity contribution is 0.952. The largest absolute Gasteiger partial charge is 0.0863 e. The van der Waals surface area contributed by atoms with Gasteiger partial charge in [0, 0.05) is 8.35 Å². The van der Waals surface area contributed by atoms with E-state index in [-0.39, 0.29) is 0 Å². The van der Waals surface area contributed by atoms with Gasteiger partial charge in [0.1, 0.15) is 0 Å². The van der Waals surface area contributed by atoms with E-state index in [0.717, 1.165) is 0 Å². The summed E-state index contributed by atoms with van der Waals surface area (Å²) in [6, 6.07) is 10.7. The Hall–Kier alpha value is 0.680. The van der Waals surface area contributed by atoms with Crippen LogP contribution in [0.5, 0.6) is 0 Å². The Kier molecular flexibility index (Phi) is 4.75. The molecule has 0 saturated carbocycles. The Bertz CT molecular complexity index is 196. The SMILES string of the molecule is ICCC(I)c1ccccc1. The highest BCUT2D eigenvalue weighted by atomic mass is 127. The van der Waals surface area contributed by atoms with E-state index in [1.54, 1.807) is 0 Å². The summed E-state index contributed by atoms with van der Waals surface area (Å²) in [5, 5.41) is 0. The molecule has 0 spiro atoms. The lowest BCUT2D eigenvalue weighted by atomic mass is 10.1. The molecule has 1 aromatic carbocycles. The molecule has 0 fully saturated rings. The number of hydrogen-bond acceptors (Lipinski definition) is 0. The summed E-state index contributed by atoms with van der Waals surface area (Å²) >= 11 is 4.93. The molecule has 0 amide bonds. The first kappa shape index (κ1) is 9.77. The highest BCUT2D eigenvalue weighted by Crippen LogP contribution is 2.26. The molecule has 2 heteroatoms. The van der Waals surface area contributed by atoms with Crippen LogP contribution in [0.25, 0.3) is 0 Å². The molecule has 0 saturated heterocycles. The fourth-order valence-corrected chi connectivity index (χ4v) is 3.47. The summed E-state index contributed by atoms with van der Waals surface area (Å²) in [4.78, 5) is 0. The van der Waals surface area contributed by atoms with E-state index in [0.29, 0.717) is 3.92 Å². The third-order valence-corrected chi connectivity index (χ3v) is 3.49. The molecule has 0 aliphatic carbocycles. The van der Waals surface area contributed by atoms with Crippen molar-refractivity contribution >= 4 is 45.2 Å². The highest BCUT2D eigenvalue weighted by Gasteiger charge is 2.03. The standard InChI is InChI=1S/C9H10I2/c10-7-6-9(11)8-4-2-1-3-5-8/h1-5,9H,6-7H2. The average molecular weight is 372 g/mol. The van der Waals surface area contributed by atoms with Crippen LogP contribution >= 0.6 is 45.2 Å². The van der Waals surface area contributed by atoms with Crippen LogP contribution in [0.1, 0.15) is 15.9 Å². The number of halogens is 2. The van der Waals surface area contributed by atoms with Crippen LogP contribution in [0.15, 0.2) is 30.3 Å². The van der Waals surface area contributed by atoms with Gasteiger partial charge < -0.3 is 0 Å². The average Bonchev–Trinajstić information content (AvgIpc) is 2.07. The monoisotopic (exact) mass is 372 g/mol. The van der Waals surface area contributed by atoms with Crippen molar-refractivity contribution in [2.24, 2.45) is 0 Å². The maximum Gasteiger partial charge on any atom is 0.0366 e. The van der Waals surface area contributed by atoms with Gasteiger partial charge in [0.05, 0.1) is 0 Å². The van der Waals surface area contributed by atoms with E-state index in [2.05, 4.69) is 75.5 Å². The zero-order valence-corrected chi connectivity index (χ0v) is 10.4. The molecular weight excluding hydrogens is 362 g/mol. The van der Waals surface area contributed by atoms with Gasteiger partial charge in [-0.25, -0.2) is 0 Å². The van der Waals surface area contributed by atoms with E-state index in [1.807, 2.05) is 0 Å². The van der Waals surface area contributed by atoms with Gasteiger partial charge in [-0.2, -0.15) is 0 Å². The molecule has 0 nitrogen and oxygen atoms in total. The van der Waals surface area contributed by atoms with Crippen LogP contribution in [0, 0.1) is 0 Å². The second kappa shape index (κ2) is 5.35. The molecule has 11 heavy (non-hydrogen) atoms. The molecule has 0 aliphatic rings. The summed E-state index contributed by atoms with van der Waals surface area (Å²) in [7, 11) is 0. The van der Waals surface area contributed by atoms with E-state index in [4.69, 9.17) is 0 Å². The molecular formula is C9H10I2. The van der Waals surface area contributed by atoms with Gasteiger partial charge >= 0.3 is 0 Å². The lowest BCUT2D eigenvalue weighted by Crippen LogP contribution is -1.88. The maximum absolute atomic E-state index is 2.50. The van der Waals surface area contributed by atoms with Gasteiger partial charge in [-0.05, 0) is 12.0 Å². The van der Waals surface area contributed by atoms with Gasteiger partial charge in [0.25, 0.3) is 0 Å². The van der Waals surface area contributed by atoms with Gasteiger partial charge in [-0.1, -0.05) is 75.5 Å². The topological polar surface area (TPSA) is 0 Å². The molecule has 60 valence electrons. The Labute approximate surface area is 95.0 Å². The van der Waals surface area contributed by atoms with Crippen molar-refractivity contribution in [3.8, 4) is 0 Å². The summed E-state index contributed by atoms with van der Waals surface area (Å²) in [5.74, 6) is 0. The van der Waals surface area contributed by atoms with Crippen LogP contribution in [0.3, 0.4) is 0 Å². The molecule has 0 heterocycles. The summed E-state index contributed by atoms with van der Waals surface area (Å²) < 4.78 is 1.92. The first-order valence-corrected chi connectivity index (χ1v) is 6.36. The van der Waals surface area contributed by atoms with Crippen molar-refractivity contribution < 1.29 is 0 Å². The quantitative estimate of drug-likeness (QED) is 0.556. The molecule has 0 bridgehead atoms. The predicted octanol–water partition coefficient (Wildman–Crippen LogP) is 3.99. The first-order valence-electron chi connectivity index (χ1n) is 3.59. The number of rotatable bonds is 3. The van der Waals surface area contributed by atoms with Crippen molar-refractivity contribution in [2.75, 3.05) is 4.43 Å². The molecule has 1 atom stereocenters. The third kappa shape index (κ3) is 3.27. The van der Waals surface area contributed by atoms with Crippen LogP contribution < -0.4 is 0 Å². The number of alkyl halides is 2. The van der Waals surface area contributed by atoms with Crippen LogP contribution in [-0.4, -0.2) is 4.43 Å². The summed E-state index contributed by atoms with van der Waals surface area (Å²) in [6.07, 6.45) is 1.27. The van der Waals surface area contributed by atoms with Crippen LogP contribution in [0.2, 0.25) is 0 Å². The molecule has 0 aromatic heterocycles. The second-order valence-electron chi connectivity index (χ2n) is 2.36. The fraction of sp³-hybridized carbons (Fsp3) is 0.333. The zero-order valence-electron chi connectivity index (χ0n) is 6.13. The fourth-order valence-electron chi connectivity index (χ4n) is 0.924. The van der Waals surface area contributed by atoms with Crippen LogP contribution in [0.4, 0.5) is 0 Å². The van der Waals surface area contributed by atoms with Gasteiger partial charge in [-0.15, -0.1) is 0 Å². The molecule has 0 aliphatic heterocycles. The Morgan fingerprint density at radius 2 is 1.82 bits per heavy atom. The number of hydrogen-bond donors (Lipinski definition) is 0. The highest BCUT2D eigenvalue weighted by molar-refractivity contribution is 14.1. The van der Waals surface area contributed by atoms with E-state index >= 15 is 0 Å². The normalized spacial score (nSPS) is 12.9. The van der Waals surface area contributed by atoms with E-state index < -0.39 is 0 Å². The Morgan fingerprint density at radius 3 is 2.36 bits per heavy atom. The molecule has 1 unspecified atom stereocenters. The maximum atomic E-state index is 2.50. The molecule has 1 aromatic rings. The van der Waals surface area contributed by atoms with Gasteiger partial charge in [0.2, 0.25) is 0 Å². The Balaban J connectivity index is 2.61. The third-order valence-electron chi connectivity index (χ3n) is 1.52. The van der Waals surface area contributed by atoms with E-state index in [9.17, 15) is 0 Å². The van der Waals surface area contributed by atoms with Crippen molar-refractivity contribution in [3.05, 3.63) is 35.9 Å². The summed E-state index contributed by atoms with van der Waals surface area (Å²) in [6.45, 7) is 0. The molecule has 1 rings (SSSR count). The van der Waals surface area contributed by atoms with Gasteiger partial charge in [-0.3, -0.25) is 0 Å². The predicted molar refractivity (Wildman–Crippen MR) is 66.7 cm³/mol. The second-order valence-corrected chi connectivity index (χ2v) is 4.94. The minimum atomic E-state index is 0.686. The minimum absolute atomic E-state index is 0.686.